The largest absolute Gasteiger partial charge is 0.385 e. The van der Waals surface area contributed by atoms with Crippen LogP contribution in [0.25, 0.3) is 0 Å². The molecule has 1 heterocycles. The normalized spacial score (nSPS) is 17.3. The lowest BCUT2D eigenvalue weighted by Gasteiger charge is -2.22. The van der Waals surface area contributed by atoms with Crippen LogP contribution in [0.2, 0.25) is 0 Å². The van der Waals surface area contributed by atoms with E-state index in [0.717, 1.165) is 25.7 Å². The standard InChI is InChI=1S/C13H19NOS/c1-16-13-4-2-3-12(9-13)14-10-11-5-7-15-8-6-11/h2-4,9,11,14H,5-8,10H2,1H3. The van der Waals surface area contributed by atoms with Gasteiger partial charge in [-0.15, -0.1) is 11.8 Å². The van der Waals surface area contributed by atoms with Crippen LogP contribution in [0.4, 0.5) is 5.69 Å². The van der Waals surface area contributed by atoms with Crippen LogP contribution < -0.4 is 5.32 Å². The Morgan fingerprint density at radius 2 is 2.19 bits per heavy atom. The SMILES string of the molecule is CSc1cccc(NCC2CCOCC2)c1. The van der Waals surface area contributed by atoms with Crippen molar-refractivity contribution in [3.63, 3.8) is 0 Å². The molecule has 1 aromatic rings. The predicted octanol–water partition coefficient (Wildman–Crippen LogP) is 3.25. The van der Waals surface area contributed by atoms with E-state index in [-0.39, 0.29) is 0 Å². The highest BCUT2D eigenvalue weighted by molar-refractivity contribution is 7.98. The number of ether oxygens (including phenoxy) is 1. The molecule has 1 saturated heterocycles. The molecular formula is C13H19NOS. The Bertz CT molecular complexity index is 323. The van der Waals surface area contributed by atoms with Gasteiger partial charge in [-0.1, -0.05) is 6.07 Å². The van der Waals surface area contributed by atoms with E-state index in [1.165, 1.54) is 23.4 Å². The fraction of sp³-hybridized carbons (Fsp3) is 0.538. The van der Waals surface area contributed by atoms with Crippen molar-refractivity contribution in [3.05, 3.63) is 24.3 Å². The van der Waals surface area contributed by atoms with Gasteiger partial charge in [0.1, 0.15) is 0 Å². The second-order valence-corrected chi connectivity index (χ2v) is 5.05. The lowest BCUT2D eigenvalue weighted by atomic mass is 10.0. The summed E-state index contributed by atoms with van der Waals surface area (Å²) in [5.74, 6) is 0.770. The van der Waals surface area contributed by atoms with Crippen molar-refractivity contribution >= 4 is 17.4 Å². The molecule has 1 N–H and O–H groups in total. The zero-order valence-corrected chi connectivity index (χ0v) is 10.6. The molecule has 0 radical (unpaired) electrons. The summed E-state index contributed by atoms with van der Waals surface area (Å²) in [5, 5.41) is 3.52. The maximum atomic E-state index is 5.36. The highest BCUT2D eigenvalue weighted by atomic mass is 32.2. The van der Waals surface area contributed by atoms with Crippen LogP contribution >= 0.6 is 11.8 Å². The molecule has 0 aliphatic carbocycles. The summed E-state index contributed by atoms with van der Waals surface area (Å²) < 4.78 is 5.36. The molecule has 2 rings (SSSR count). The number of rotatable bonds is 4. The van der Waals surface area contributed by atoms with Gasteiger partial charge in [0.2, 0.25) is 0 Å². The minimum Gasteiger partial charge on any atom is -0.385 e. The first-order valence-electron chi connectivity index (χ1n) is 5.84. The molecule has 2 nitrogen and oxygen atoms in total. The molecule has 1 aliphatic heterocycles. The third kappa shape index (κ3) is 3.42. The van der Waals surface area contributed by atoms with Crippen molar-refractivity contribution in [3.8, 4) is 0 Å². The van der Waals surface area contributed by atoms with E-state index in [4.69, 9.17) is 4.74 Å². The Morgan fingerprint density at radius 3 is 2.94 bits per heavy atom. The lowest BCUT2D eigenvalue weighted by molar-refractivity contribution is 0.0699. The number of hydrogen-bond acceptors (Lipinski definition) is 3. The molecule has 0 aromatic heterocycles. The molecular weight excluding hydrogens is 218 g/mol. The van der Waals surface area contributed by atoms with Crippen molar-refractivity contribution in [1.82, 2.24) is 0 Å². The van der Waals surface area contributed by atoms with E-state index in [9.17, 15) is 0 Å². The Morgan fingerprint density at radius 1 is 1.38 bits per heavy atom. The summed E-state index contributed by atoms with van der Waals surface area (Å²) in [4.78, 5) is 1.32. The fourth-order valence-electron chi connectivity index (χ4n) is 1.95. The van der Waals surface area contributed by atoms with Crippen molar-refractivity contribution in [2.24, 2.45) is 5.92 Å². The first kappa shape index (κ1) is 11.8. The van der Waals surface area contributed by atoms with Crippen molar-refractivity contribution < 1.29 is 4.74 Å². The zero-order chi connectivity index (χ0) is 11.2. The second kappa shape index (κ2) is 6.16. The summed E-state index contributed by atoms with van der Waals surface area (Å²) >= 11 is 1.78. The lowest BCUT2D eigenvalue weighted by Crippen LogP contribution is -2.22. The molecule has 1 aromatic carbocycles. The van der Waals surface area contributed by atoms with E-state index < -0.39 is 0 Å². The predicted molar refractivity (Wildman–Crippen MR) is 70.3 cm³/mol. The first-order chi connectivity index (χ1) is 7.88. The topological polar surface area (TPSA) is 21.3 Å². The van der Waals surface area contributed by atoms with E-state index in [2.05, 4.69) is 35.8 Å². The minimum atomic E-state index is 0.770. The smallest absolute Gasteiger partial charge is 0.0469 e. The van der Waals surface area contributed by atoms with Gasteiger partial charge in [0.05, 0.1) is 0 Å². The van der Waals surface area contributed by atoms with Gasteiger partial charge in [0.25, 0.3) is 0 Å². The van der Waals surface area contributed by atoms with E-state index in [1.54, 1.807) is 11.8 Å². The van der Waals surface area contributed by atoms with Gasteiger partial charge in [-0.05, 0) is 43.2 Å². The van der Waals surface area contributed by atoms with E-state index >= 15 is 0 Å². The summed E-state index contributed by atoms with van der Waals surface area (Å²) in [5.41, 5.74) is 1.23. The van der Waals surface area contributed by atoms with Crippen LogP contribution in [0.15, 0.2) is 29.2 Å². The van der Waals surface area contributed by atoms with Crippen LogP contribution in [0.5, 0.6) is 0 Å². The van der Waals surface area contributed by atoms with E-state index in [1.807, 2.05) is 0 Å². The van der Waals surface area contributed by atoms with Gasteiger partial charge in [0.15, 0.2) is 0 Å². The molecule has 0 bridgehead atoms. The molecule has 1 fully saturated rings. The van der Waals surface area contributed by atoms with Crippen molar-refractivity contribution in [2.75, 3.05) is 31.3 Å². The summed E-state index contributed by atoms with van der Waals surface area (Å²) in [6.07, 6.45) is 4.49. The summed E-state index contributed by atoms with van der Waals surface area (Å²) in [6, 6.07) is 8.60. The summed E-state index contributed by atoms with van der Waals surface area (Å²) in [6.45, 7) is 2.93. The third-order valence-corrected chi connectivity index (χ3v) is 3.73. The molecule has 0 amide bonds. The average Bonchev–Trinajstić information content (AvgIpc) is 2.38. The third-order valence-electron chi connectivity index (χ3n) is 3.01. The molecule has 0 saturated carbocycles. The van der Waals surface area contributed by atoms with Crippen LogP contribution in [-0.4, -0.2) is 26.0 Å². The van der Waals surface area contributed by atoms with Gasteiger partial charge in [-0.2, -0.15) is 0 Å². The van der Waals surface area contributed by atoms with Gasteiger partial charge >= 0.3 is 0 Å². The first-order valence-corrected chi connectivity index (χ1v) is 7.06. The molecule has 1 aliphatic rings. The Labute approximate surface area is 102 Å². The number of nitrogens with one attached hydrogen (secondary N) is 1. The molecule has 16 heavy (non-hydrogen) atoms. The Kier molecular flexibility index (Phi) is 4.55. The maximum Gasteiger partial charge on any atom is 0.0469 e. The minimum absolute atomic E-state index is 0.770. The molecule has 0 unspecified atom stereocenters. The van der Waals surface area contributed by atoms with Crippen LogP contribution in [0.3, 0.4) is 0 Å². The number of anilines is 1. The highest BCUT2D eigenvalue weighted by Crippen LogP contribution is 2.20. The van der Waals surface area contributed by atoms with Crippen molar-refractivity contribution in [2.45, 2.75) is 17.7 Å². The van der Waals surface area contributed by atoms with Gasteiger partial charge < -0.3 is 10.1 Å². The van der Waals surface area contributed by atoms with Gasteiger partial charge in [0, 0.05) is 30.3 Å². The molecule has 3 heteroatoms. The molecule has 0 spiro atoms. The Balaban J connectivity index is 1.83. The van der Waals surface area contributed by atoms with Gasteiger partial charge in [-0.3, -0.25) is 0 Å². The average molecular weight is 237 g/mol. The van der Waals surface area contributed by atoms with Gasteiger partial charge in [-0.25, -0.2) is 0 Å². The Hall–Kier alpha value is -0.670. The number of benzene rings is 1. The fourth-order valence-corrected chi connectivity index (χ4v) is 2.41. The van der Waals surface area contributed by atoms with Crippen LogP contribution in [0.1, 0.15) is 12.8 Å². The second-order valence-electron chi connectivity index (χ2n) is 4.17. The maximum absolute atomic E-state index is 5.36. The van der Waals surface area contributed by atoms with Crippen molar-refractivity contribution in [1.29, 1.82) is 0 Å². The molecule has 0 atom stereocenters. The highest BCUT2D eigenvalue weighted by Gasteiger charge is 2.12. The monoisotopic (exact) mass is 237 g/mol. The number of thioether (sulfide) groups is 1. The molecule has 88 valence electrons. The quantitative estimate of drug-likeness (QED) is 0.812. The summed E-state index contributed by atoms with van der Waals surface area (Å²) in [7, 11) is 0. The van der Waals surface area contributed by atoms with Crippen LogP contribution in [0, 0.1) is 5.92 Å². The zero-order valence-electron chi connectivity index (χ0n) is 9.74. The van der Waals surface area contributed by atoms with Crippen LogP contribution in [-0.2, 0) is 4.74 Å². The number of hydrogen-bond donors (Lipinski definition) is 1. The van der Waals surface area contributed by atoms with E-state index in [0.29, 0.717) is 0 Å².